The second kappa shape index (κ2) is 11.9. The molecule has 10 atom stereocenters. The molecule has 0 spiro atoms. The molecule has 2 heterocycles. The van der Waals surface area contributed by atoms with Crippen molar-refractivity contribution < 1.29 is 91.4 Å². The van der Waals surface area contributed by atoms with Gasteiger partial charge >= 0.3 is 0 Å². The van der Waals surface area contributed by atoms with Gasteiger partial charge in [-0.25, -0.2) is 30.0 Å². The van der Waals surface area contributed by atoms with Gasteiger partial charge in [0.15, 0.2) is 29.0 Å². The molecule has 0 amide bonds. The van der Waals surface area contributed by atoms with Gasteiger partial charge in [0.25, 0.3) is 0 Å². The van der Waals surface area contributed by atoms with Crippen LogP contribution in [0.25, 0.3) is 0 Å². The summed E-state index contributed by atoms with van der Waals surface area (Å²) in [5, 5.41) is 41.8. The van der Waals surface area contributed by atoms with E-state index in [2.05, 4.69) is 13.1 Å². The lowest BCUT2D eigenvalue weighted by atomic mass is 9.96. The van der Waals surface area contributed by atoms with Crippen LogP contribution in [0.15, 0.2) is 0 Å². The summed E-state index contributed by atoms with van der Waals surface area (Å²) in [6.07, 6.45) is -21.1. The Hall–Kier alpha value is -1.20. The number of hydrogen-bond donors (Lipinski definition) is 4. The van der Waals surface area contributed by atoms with Crippen molar-refractivity contribution in [1.82, 2.24) is 4.72 Å². The maximum atomic E-state index is 11.6. The average molecular weight is 605 g/mol. The first-order valence-corrected chi connectivity index (χ1v) is 13.5. The Morgan fingerprint density at radius 3 is 1.86 bits per heavy atom. The molecule has 2 aliphatic heterocycles. The number of aliphatic hydroxyl groups excluding tert-OH is 3. The number of methoxy groups -OCH3 is 1. The highest BCUT2D eigenvalue weighted by Gasteiger charge is 2.54. The van der Waals surface area contributed by atoms with Gasteiger partial charge in [-0.1, -0.05) is 0 Å². The first kappa shape index (κ1) is 32.0. The minimum Gasteiger partial charge on any atom is -0.735 e. The molecule has 0 bridgehead atoms. The first-order chi connectivity index (χ1) is 16.8. The number of aliphatic carboxylic acids is 1. The van der Waals surface area contributed by atoms with Crippen molar-refractivity contribution >= 4 is 37.1 Å². The third-order valence-electron chi connectivity index (χ3n) is 4.87. The fraction of sp³-hybridized carbons (Fsp3) is 0.923. The van der Waals surface area contributed by atoms with Crippen LogP contribution >= 0.6 is 0 Å². The smallest absolute Gasteiger partial charge is 0.218 e. The third-order valence-corrected chi connectivity index (χ3v) is 6.35. The minimum atomic E-state index is -5.76. The molecule has 4 N–H and O–H groups in total. The van der Waals surface area contributed by atoms with Crippen LogP contribution in [0.4, 0.5) is 0 Å². The Balaban J connectivity index is 2.54. The summed E-state index contributed by atoms with van der Waals surface area (Å²) in [6.45, 7) is -1.20. The van der Waals surface area contributed by atoms with Crippen LogP contribution in [-0.4, -0.2) is 135 Å². The van der Waals surface area contributed by atoms with E-state index in [1.807, 2.05) is 0 Å². The molecule has 0 aliphatic carbocycles. The summed E-state index contributed by atoms with van der Waals surface area (Å²) in [6, 6.07) is -2.50. The van der Waals surface area contributed by atoms with E-state index in [9.17, 15) is 64.1 Å². The lowest BCUT2D eigenvalue weighted by Gasteiger charge is -2.48. The largest absolute Gasteiger partial charge is 0.735 e. The maximum Gasteiger partial charge on any atom is 0.218 e. The summed E-state index contributed by atoms with van der Waals surface area (Å²) in [5.74, 6) is -2.18. The van der Waals surface area contributed by atoms with Crippen molar-refractivity contribution in [1.29, 1.82) is 0 Å². The minimum absolute atomic E-state index is 0.820. The number of rotatable bonds is 11. The third kappa shape index (κ3) is 8.65. The van der Waals surface area contributed by atoms with Crippen LogP contribution in [0.3, 0.4) is 0 Å². The summed E-state index contributed by atoms with van der Waals surface area (Å²) < 4.78 is 130. The van der Waals surface area contributed by atoms with Gasteiger partial charge < -0.3 is 57.8 Å². The summed E-state index contributed by atoms with van der Waals surface area (Å²) in [5.41, 5.74) is 0. The second-order valence-electron chi connectivity index (χ2n) is 7.32. The standard InChI is InChI=1S/C13H23NO20S3/c1-29-13-9(34-37(26,27)28)6(17)8(10(32-13)11(18)19)31-12-4(14-35(20,21)22)7(33-36(23,24)25)5(16)3(2-15)30-12/h3-10,12-17H,2H2,1H3,(H,18,19)(H,20,21,22)(H,23,24,25)(H,26,27,28)/p-4/t3-,4-,5-,6+,7-,8+,9-,10-,12-,13-/m1/s1. The van der Waals surface area contributed by atoms with Crippen molar-refractivity contribution in [3.05, 3.63) is 0 Å². The van der Waals surface area contributed by atoms with Crippen LogP contribution in [0.5, 0.6) is 0 Å². The van der Waals surface area contributed by atoms with Crippen molar-refractivity contribution in [3.8, 4) is 0 Å². The highest BCUT2D eigenvalue weighted by molar-refractivity contribution is 7.83. The monoisotopic (exact) mass is 605 g/mol. The Labute approximate surface area is 208 Å². The van der Waals surface area contributed by atoms with E-state index >= 15 is 0 Å². The molecule has 0 saturated carbocycles. The molecular formula is C13H19NO20S3-4. The number of aliphatic hydroxyl groups is 3. The summed E-state index contributed by atoms with van der Waals surface area (Å²) in [7, 11) is -16.2. The Morgan fingerprint density at radius 1 is 0.892 bits per heavy atom. The SMILES string of the molecule is CO[C@@H]1O[C@@H](C(=O)[O-])[C@@H](O[C@H]2O[C@H](CO)[C@@H](O)[C@H](OS(=O)(=O)[O-])[C@H]2NS(=O)(=O)[O-])[C@H](O)[C@H]1OS(=O)(=O)[O-]. The van der Waals surface area contributed by atoms with Gasteiger partial charge in [-0.3, -0.25) is 8.37 Å². The fourth-order valence-corrected chi connectivity index (χ4v) is 5.04. The Bertz CT molecular complexity index is 1120. The van der Waals surface area contributed by atoms with E-state index < -0.39 is 105 Å². The number of carboxylic acids is 1. The number of carboxylic acid groups (broad SMARTS) is 1. The molecular weight excluding hydrogens is 586 g/mol. The molecule has 0 aromatic heterocycles. The topological polar surface area (TPSA) is 340 Å². The zero-order valence-corrected chi connectivity index (χ0v) is 20.4. The Morgan fingerprint density at radius 2 is 1.43 bits per heavy atom. The lowest BCUT2D eigenvalue weighted by molar-refractivity contribution is -0.364. The summed E-state index contributed by atoms with van der Waals surface area (Å²) in [4.78, 5) is 11.6. The molecule has 2 saturated heterocycles. The normalized spacial score (nSPS) is 37.8. The van der Waals surface area contributed by atoms with Gasteiger partial charge in [0, 0.05) is 7.11 Å². The zero-order valence-electron chi connectivity index (χ0n) is 18.0. The molecule has 2 rings (SSSR count). The number of carbonyl (C=O) groups is 1. The van der Waals surface area contributed by atoms with E-state index in [1.54, 1.807) is 0 Å². The first-order valence-electron chi connectivity index (χ1n) is 9.46. The number of carbonyl (C=O) groups excluding carboxylic acids is 1. The van der Waals surface area contributed by atoms with Gasteiger partial charge in [0.2, 0.25) is 20.8 Å². The lowest BCUT2D eigenvalue weighted by Crippen LogP contribution is -2.69. The summed E-state index contributed by atoms with van der Waals surface area (Å²) >= 11 is 0. The van der Waals surface area contributed by atoms with E-state index in [4.69, 9.17) is 14.2 Å². The highest BCUT2D eigenvalue weighted by atomic mass is 32.3. The molecule has 0 aromatic carbocycles. The van der Waals surface area contributed by atoms with Crippen molar-refractivity contribution in [3.63, 3.8) is 0 Å². The van der Waals surface area contributed by atoms with E-state index in [0.717, 1.165) is 7.11 Å². The van der Waals surface area contributed by atoms with E-state index in [0.29, 0.717) is 0 Å². The fourth-order valence-electron chi connectivity index (χ4n) is 3.48. The number of hydrogen-bond acceptors (Lipinski definition) is 20. The predicted octanol–water partition coefficient (Wildman–Crippen LogP) is -7.96. The van der Waals surface area contributed by atoms with Gasteiger partial charge in [-0.15, -0.1) is 0 Å². The van der Waals surface area contributed by atoms with Gasteiger partial charge in [-0.05, 0) is 0 Å². The predicted molar refractivity (Wildman–Crippen MR) is 99.1 cm³/mol. The second-order valence-corrected chi connectivity index (χ2v) is 10.5. The number of nitrogens with one attached hydrogen (secondary N) is 1. The molecule has 2 aliphatic rings. The molecule has 37 heavy (non-hydrogen) atoms. The Kier molecular flexibility index (Phi) is 10.3. The van der Waals surface area contributed by atoms with Crippen LogP contribution in [0.2, 0.25) is 0 Å². The van der Waals surface area contributed by atoms with Crippen molar-refractivity contribution in [2.75, 3.05) is 13.7 Å². The van der Waals surface area contributed by atoms with Crippen molar-refractivity contribution in [2.24, 2.45) is 0 Å². The highest BCUT2D eigenvalue weighted by Crippen LogP contribution is 2.32. The molecule has 0 radical (unpaired) electrons. The van der Waals surface area contributed by atoms with Crippen molar-refractivity contribution in [2.45, 2.75) is 61.3 Å². The molecule has 21 nitrogen and oxygen atoms in total. The number of ether oxygens (including phenoxy) is 4. The van der Waals surface area contributed by atoms with E-state index in [1.165, 1.54) is 4.72 Å². The quantitative estimate of drug-likeness (QED) is 0.125. The molecule has 2 fully saturated rings. The maximum absolute atomic E-state index is 11.6. The average Bonchev–Trinajstić information content (AvgIpc) is 2.72. The molecule has 0 aromatic rings. The van der Waals surface area contributed by atoms with Gasteiger partial charge in [0.05, 0.1) is 12.6 Å². The van der Waals surface area contributed by atoms with Crippen LogP contribution in [-0.2, 0) is 63.2 Å². The van der Waals surface area contributed by atoms with Gasteiger partial charge in [0.1, 0.15) is 42.7 Å². The van der Waals surface area contributed by atoms with E-state index in [-0.39, 0.29) is 0 Å². The molecule has 218 valence electrons. The van der Waals surface area contributed by atoms with Crippen LogP contribution < -0.4 is 9.83 Å². The zero-order chi connectivity index (χ0) is 28.5. The molecule has 24 heteroatoms. The van der Waals surface area contributed by atoms with Crippen LogP contribution in [0, 0.1) is 0 Å². The molecule has 0 unspecified atom stereocenters. The van der Waals surface area contributed by atoms with Crippen LogP contribution in [0.1, 0.15) is 0 Å². The van der Waals surface area contributed by atoms with Gasteiger partial charge in [-0.2, -0.15) is 0 Å².